The highest BCUT2D eigenvalue weighted by Gasteiger charge is 2.16. The van der Waals surface area contributed by atoms with Crippen molar-refractivity contribution in [2.75, 3.05) is 0 Å². The fourth-order valence-corrected chi connectivity index (χ4v) is 2.57. The number of aryl methyl sites for hydroxylation is 1. The molecule has 0 bridgehead atoms. The first-order valence-electron chi connectivity index (χ1n) is 8.66. The number of benzene rings is 3. The number of ether oxygens (including phenoxy) is 2. The second-order valence-corrected chi connectivity index (χ2v) is 6.24. The molecule has 0 aliphatic rings. The van der Waals surface area contributed by atoms with Gasteiger partial charge in [-0.25, -0.2) is 4.79 Å². The van der Waals surface area contributed by atoms with Crippen LogP contribution in [-0.4, -0.2) is 12.1 Å². The van der Waals surface area contributed by atoms with Crippen molar-refractivity contribution in [2.45, 2.75) is 26.6 Å². The van der Waals surface area contributed by atoms with E-state index in [4.69, 9.17) is 9.47 Å². The minimum absolute atomic E-state index is 0.250. The monoisotopic (exact) mass is 346 g/mol. The van der Waals surface area contributed by atoms with Crippen LogP contribution in [0.4, 0.5) is 0 Å². The number of carbonyl (C=O) groups excluding carboxylic acids is 1. The van der Waals surface area contributed by atoms with Gasteiger partial charge in [0.2, 0.25) is 0 Å². The Labute approximate surface area is 154 Å². The highest BCUT2D eigenvalue weighted by Crippen LogP contribution is 2.23. The molecule has 0 spiro atoms. The Morgan fingerprint density at radius 2 is 1.42 bits per heavy atom. The van der Waals surface area contributed by atoms with Gasteiger partial charge in [0.25, 0.3) is 0 Å². The van der Waals surface area contributed by atoms with Crippen LogP contribution in [-0.2, 0) is 16.1 Å². The van der Waals surface area contributed by atoms with E-state index in [0.717, 1.165) is 16.7 Å². The highest BCUT2D eigenvalue weighted by molar-refractivity contribution is 5.74. The Morgan fingerprint density at radius 3 is 2.04 bits per heavy atom. The van der Waals surface area contributed by atoms with E-state index in [1.165, 1.54) is 5.56 Å². The van der Waals surface area contributed by atoms with Crippen LogP contribution in [0.3, 0.4) is 0 Å². The molecule has 0 unspecified atom stereocenters. The molecule has 0 saturated carbocycles. The normalized spacial score (nSPS) is 11.6. The Kier molecular flexibility index (Phi) is 5.69. The highest BCUT2D eigenvalue weighted by atomic mass is 16.6. The van der Waals surface area contributed by atoms with Crippen molar-refractivity contribution in [1.82, 2.24) is 0 Å². The number of hydrogen-bond acceptors (Lipinski definition) is 3. The molecular weight excluding hydrogens is 324 g/mol. The van der Waals surface area contributed by atoms with E-state index in [2.05, 4.69) is 31.2 Å². The Hall–Kier alpha value is -3.07. The van der Waals surface area contributed by atoms with Crippen LogP contribution in [0.15, 0.2) is 78.9 Å². The maximum atomic E-state index is 12.1. The van der Waals surface area contributed by atoms with E-state index >= 15 is 0 Å². The van der Waals surface area contributed by atoms with Gasteiger partial charge in [0.1, 0.15) is 12.4 Å². The quantitative estimate of drug-likeness (QED) is 0.577. The second-order valence-electron chi connectivity index (χ2n) is 6.24. The SMILES string of the molecule is Cc1ccc(-c2ccc(O[C@H](C)C(=O)OCc3ccccc3)cc2)cc1. The molecule has 1 atom stereocenters. The predicted molar refractivity (Wildman–Crippen MR) is 103 cm³/mol. The number of hydrogen-bond donors (Lipinski definition) is 0. The molecule has 132 valence electrons. The van der Waals surface area contributed by atoms with Crippen molar-refractivity contribution in [2.24, 2.45) is 0 Å². The van der Waals surface area contributed by atoms with Crippen molar-refractivity contribution in [1.29, 1.82) is 0 Å². The van der Waals surface area contributed by atoms with Crippen LogP contribution in [0.2, 0.25) is 0 Å². The first-order chi connectivity index (χ1) is 12.6. The molecule has 0 aliphatic heterocycles. The molecule has 0 aliphatic carbocycles. The van der Waals surface area contributed by atoms with E-state index < -0.39 is 6.10 Å². The van der Waals surface area contributed by atoms with Crippen molar-refractivity contribution >= 4 is 5.97 Å². The van der Waals surface area contributed by atoms with Crippen molar-refractivity contribution in [3.05, 3.63) is 90.0 Å². The number of carbonyl (C=O) groups is 1. The van der Waals surface area contributed by atoms with Gasteiger partial charge in [-0.15, -0.1) is 0 Å². The van der Waals surface area contributed by atoms with Gasteiger partial charge >= 0.3 is 5.97 Å². The van der Waals surface area contributed by atoms with Crippen LogP contribution >= 0.6 is 0 Å². The average molecular weight is 346 g/mol. The Morgan fingerprint density at radius 1 is 0.846 bits per heavy atom. The molecule has 3 aromatic rings. The van der Waals surface area contributed by atoms with Gasteiger partial charge in [-0.2, -0.15) is 0 Å². The van der Waals surface area contributed by atoms with Crippen LogP contribution < -0.4 is 4.74 Å². The van der Waals surface area contributed by atoms with Crippen molar-refractivity contribution in [3.8, 4) is 16.9 Å². The zero-order chi connectivity index (χ0) is 18.4. The molecule has 3 rings (SSSR count). The molecule has 3 nitrogen and oxygen atoms in total. The van der Waals surface area contributed by atoms with Crippen molar-refractivity contribution in [3.63, 3.8) is 0 Å². The van der Waals surface area contributed by atoms with Gasteiger partial charge in [0.05, 0.1) is 0 Å². The lowest BCUT2D eigenvalue weighted by Gasteiger charge is -2.14. The summed E-state index contributed by atoms with van der Waals surface area (Å²) >= 11 is 0. The molecule has 3 aromatic carbocycles. The molecule has 26 heavy (non-hydrogen) atoms. The van der Waals surface area contributed by atoms with Gasteiger partial charge in [-0.05, 0) is 42.7 Å². The third-order valence-corrected chi connectivity index (χ3v) is 4.11. The number of esters is 1. The summed E-state index contributed by atoms with van der Waals surface area (Å²) in [6, 6.07) is 25.7. The zero-order valence-corrected chi connectivity index (χ0v) is 15.0. The summed E-state index contributed by atoms with van der Waals surface area (Å²) in [6.07, 6.45) is -0.663. The molecular formula is C23H22O3. The zero-order valence-electron chi connectivity index (χ0n) is 15.0. The van der Waals surface area contributed by atoms with E-state index in [0.29, 0.717) is 5.75 Å². The fraction of sp³-hybridized carbons (Fsp3) is 0.174. The van der Waals surface area contributed by atoms with Gasteiger partial charge in [0.15, 0.2) is 6.10 Å². The van der Waals surface area contributed by atoms with E-state index in [1.807, 2.05) is 54.6 Å². The summed E-state index contributed by atoms with van der Waals surface area (Å²) < 4.78 is 11.0. The minimum Gasteiger partial charge on any atom is -0.479 e. The lowest BCUT2D eigenvalue weighted by molar-refractivity contribution is -0.152. The summed E-state index contributed by atoms with van der Waals surface area (Å²) in [4.78, 5) is 12.1. The summed E-state index contributed by atoms with van der Waals surface area (Å²) in [7, 11) is 0. The first kappa shape index (κ1) is 17.7. The fourth-order valence-electron chi connectivity index (χ4n) is 2.57. The molecule has 0 fully saturated rings. The lowest BCUT2D eigenvalue weighted by atomic mass is 10.0. The van der Waals surface area contributed by atoms with E-state index in [1.54, 1.807) is 6.92 Å². The molecule has 0 amide bonds. The van der Waals surface area contributed by atoms with E-state index in [-0.39, 0.29) is 12.6 Å². The summed E-state index contributed by atoms with van der Waals surface area (Å²) in [5.41, 5.74) is 4.45. The Balaban J connectivity index is 1.56. The molecule has 0 heterocycles. The molecule has 0 N–H and O–H groups in total. The molecule has 0 aromatic heterocycles. The van der Waals surface area contributed by atoms with Gasteiger partial charge in [-0.3, -0.25) is 0 Å². The summed E-state index contributed by atoms with van der Waals surface area (Å²) in [6.45, 7) is 4.01. The smallest absolute Gasteiger partial charge is 0.347 e. The first-order valence-corrected chi connectivity index (χ1v) is 8.66. The Bertz CT molecular complexity index is 837. The second kappa shape index (κ2) is 8.34. The van der Waals surface area contributed by atoms with Crippen molar-refractivity contribution < 1.29 is 14.3 Å². The van der Waals surface area contributed by atoms with E-state index in [9.17, 15) is 4.79 Å². The third-order valence-electron chi connectivity index (χ3n) is 4.11. The summed E-state index contributed by atoms with van der Waals surface area (Å²) in [5.74, 6) is 0.265. The molecule has 0 saturated heterocycles. The third kappa shape index (κ3) is 4.73. The van der Waals surface area contributed by atoms with Crippen LogP contribution in [0.25, 0.3) is 11.1 Å². The van der Waals surface area contributed by atoms with Gasteiger partial charge in [0, 0.05) is 0 Å². The van der Waals surface area contributed by atoms with Crippen LogP contribution in [0.5, 0.6) is 5.75 Å². The molecule has 0 radical (unpaired) electrons. The van der Waals surface area contributed by atoms with Crippen LogP contribution in [0, 0.1) is 6.92 Å². The van der Waals surface area contributed by atoms with Gasteiger partial charge < -0.3 is 9.47 Å². The largest absolute Gasteiger partial charge is 0.479 e. The minimum atomic E-state index is -0.663. The van der Waals surface area contributed by atoms with Gasteiger partial charge in [-0.1, -0.05) is 72.3 Å². The summed E-state index contributed by atoms with van der Waals surface area (Å²) in [5, 5.41) is 0. The lowest BCUT2D eigenvalue weighted by Crippen LogP contribution is -2.26. The maximum Gasteiger partial charge on any atom is 0.347 e. The average Bonchev–Trinajstić information content (AvgIpc) is 2.68. The maximum absolute atomic E-state index is 12.1. The predicted octanol–water partition coefficient (Wildman–Crippen LogP) is 5.17. The van der Waals surface area contributed by atoms with Crippen LogP contribution in [0.1, 0.15) is 18.1 Å². The number of rotatable bonds is 6. The standard InChI is InChI=1S/C23H22O3/c1-17-8-10-20(11-9-17)21-12-14-22(15-13-21)26-18(2)23(24)25-16-19-6-4-3-5-7-19/h3-15,18H,16H2,1-2H3/t18-/m1/s1. The molecule has 3 heteroatoms. The topological polar surface area (TPSA) is 35.5 Å².